The molecule has 0 aliphatic heterocycles. The van der Waals surface area contributed by atoms with Gasteiger partial charge in [0.15, 0.2) is 0 Å². The van der Waals surface area contributed by atoms with Gasteiger partial charge in [0.2, 0.25) is 0 Å². The molecule has 0 aliphatic carbocycles. The zero-order valence-corrected chi connectivity index (χ0v) is 13.2. The van der Waals surface area contributed by atoms with E-state index in [-0.39, 0.29) is 0 Å². The highest BCUT2D eigenvalue weighted by Gasteiger charge is 2.13. The number of rotatable bonds is 13. The number of halogens is 1. The van der Waals surface area contributed by atoms with E-state index >= 15 is 0 Å². The van der Waals surface area contributed by atoms with Gasteiger partial charge in [-0.05, 0) is 24.7 Å². The van der Waals surface area contributed by atoms with Crippen LogP contribution < -0.4 is 0 Å². The summed E-state index contributed by atoms with van der Waals surface area (Å²) in [7, 11) is 0. The predicted molar refractivity (Wildman–Crippen MR) is 79.5 cm³/mol. The predicted octanol–water partition coefficient (Wildman–Crippen LogP) is 4.65. The molecule has 0 unspecified atom stereocenters. The maximum atomic E-state index is 5.61. The van der Waals surface area contributed by atoms with E-state index in [1.165, 1.54) is 19.3 Å². The summed E-state index contributed by atoms with van der Waals surface area (Å²) in [5.74, 6) is 0.781. The minimum absolute atomic E-state index is 0.406. The van der Waals surface area contributed by atoms with Gasteiger partial charge in [-0.15, -0.1) is 11.6 Å². The van der Waals surface area contributed by atoms with Gasteiger partial charge in [0.05, 0.1) is 13.2 Å². The Morgan fingerprint density at radius 3 is 2.06 bits per heavy atom. The summed E-state index contributed by atoms with van der Waals surface area (Å²) >= 11 is 5.61. The molecule has 0 N–H and O–H groups in total. The van der Waals surface area contributed by atoms with Crippen molar-refractivity contribution in [3.8, 4) is 0 Å². The van der Waals surface area contributed by atoms with Crippen molar-refractivity contribution in [2.24, 2.45) is 5.41 Å². The molecular weight excluding hydrogens is 248 g/mol. The van der Waals surface area contributed by atoms with Crippen molar-refractivity contribution >= 4 is 11.6 Å². The Bertz CT molecular complexity index is 172. The molecule has 0 fully saturated rings. The lowest BCUT2D eigenvalue weighted by Crippen LogP contribution is -2.14. The molecule has 0 radical (unpaired) electrons. The van der Waals surface area contributed by atoms with Crippen molar-refractivity contribution < 1.29 is 9.47 Å². The fourth-order valence-corrected chi connectivity index (χ4v) is 1.69. The number of alkyl halides is 1. The Morgan fingerprint density at radius 1 is 0.833 bits per heavy atom. The lowest BCUT2D eigenvalue weighted by molar-refractivity contribution is 0.0358. The monoisotopic (exact) mass is 278 g/mol. The first kappa shape index (κ1) is 18.2. The van der Waals surface area contributed by atoms with Crippen LogP contribution in [0, 0.1) is 5.41 Å². The summed E-state index contributed by atoms with van der Waals surface area (Å²) < 4.78 is 11.1. The highest BCUT2D eigenvalue weighted by atomic mass is 35.5. The Labute approximate surface area is 118 Å². The van der Waals surface area contributed by atoms with Crippen molar-refractivity contribution in [1.29, 1.82) is 0 Å². The molecule has 0 aromatic rings. The van der Waals surface area contributed by atoms with Crippen LogP contribution in [-0.4, -0.2) is 32.3 Å². The van der Waals surface area contributed by atoms with E-state index < -0.39 is 0 Å². The summed E-state index contributed by atoms with van der Waals surface area (Å²) in [5.41, 5.74) is 0.406. The molecule has 0 atom stereocenters. The second-order valence-corrected chi connectivity index (χ2v) is 5.97. The van der Waals surface area contributed by atoms with E-state index in [4.69, 9.17) is 21.1 Å². The van der Waals surface area contributed by atoms with Crippen molar-refractivity contribution in [1.82, 2.24) is 0 Å². The van der Waals surface area contributed by atoms with E-state index in [1.807, 2.05) is 0 Å². The van der Waals surface area contributed by atoms with Gasteiger partial charge in [-0.1, -0.05) is 40.0 Å². The van der Waals surface area contributed by atoms with Crippen LogP contribution in [-0.2, 0) is 9.47 Å². The molecule has 2 nitrogen and oxygen atoms in total. The zero-order chi connectivity index (χ0) is 13.7. The first-order valence-electron chi connectivity index (χ1n) is 7.34. The minimum atomic E-state index is 0.406. The largest absolute Gasteiger partial charge is 0.379 e. The quantitative estimate of drug-likeness (QED) is 0.361. The summed E-state index contributed by atoms with van der Waals surface area (Å²) in [6.07, 6.45) is 7.03. The van der Waals surface area contributed by atoms with E-state index in [0.717, 1.165) is 51.6 Å². The van der Waals surface area contributed by atoms with Crippen LogP contribution in [0.2, 0.25) is 0 Å². The Morgan fingerprint density at radius 2 is 1.44 bits per heavy atom. The van der Waals surface area contributed by atoms with Gasteiger partial charge in [0.25, 0.3) is 0 Å². The fourth-order valence-electron chi connectivity index (χ4n) is 1.50. The van der Waals surface area contributed by atoms with Gasteiger partial charge in [-0.3, -0.25) is 0 Å². The van der Waals surface area contributed by atoms with Gasteiger partial charge in [-0.2, -0.15) is 0 Å². The molecule has 0 saturated carbocycles. The summed E-state index contributed by atoms with van der Waals surface area (Å²) in [6.45, 7) is 9.95. The third-order valence-electron chi connectivity index (χ3n) is 3.42. The average molecular weight is 279 g/mol. The smallest absolute Gasteiger partial charge is 0.0700 e. The van der Waals surface area contributed by atoms with Gasteiger partial charge >= 0.3 is 0 Å². The number of hydrogen-bond donors (Lipinski definition) is 0. The van der Waals surface area contributed by atoms with Gasteiger partial charge in [-0.25, -0.2) is 0 Å². The van der Waals surface area contributed by atoms with E-state index in [2.05, 4.69) is 20.8 Å². The van der Waals surface area contributed by atoms with Crippen molar-refractivity contribution in [3.63, 3.8) is 0 Å². The van der Waals surface area contributed by atoms with Crippen LogP contribution in [0.25, 0.3) is 0 Å². The molecule has 0 spiro atoms. The molecule has 110 valence electrons. The summed E-state index contributed by atoms with van der Waals surface area (Å²) in [4.78, 5) is 0. The van der Waals surface area contributed by atoms with Crippen LogP contribution in [0.1, 0.15) is 59.3 Å². The molecule has 0 heterocycles. The lowest BCUT2D eigenvalue weighted by atomic mass is 9.87. The maximum absolute atomic E-state index is 5.61. The van der Waals surface area contributed by atoms with Crippen molar-refractivity contribution in [2.75, 3.05) is 32.3 Å². The van der Waals surface area contributed by atoms with Crippen molar-refractivity contribution in [3.05, 3.63) is 0 Å². The van der Waals surface area contributed by atoms with Crippen molar-refractivity contribution in [2.45, 2.75) is 59.3 Å². The summed E-state index contributed by atoms with van der Waals surface area (Å²) in [5, 5.41) is 0. The standard InChI is InChI=1S/C15H31ClO2/c1-4-15(2,3)9-12-18-14-13-17-11-8-6-5-7-10-16/h4-14H2,1-3H3. The van der Waals surface area contributed by atoms with Gasteiger partial charge in [0, 0.05) is 19.1 Å². The first-order valence-corrected chi connectivity index (χ1v) is 7.87. The second-order valence-electron chi connectivity index (χ2n) is 5.60. The zero-order valence-electron chi connectivity index (χ0n) is 12.5. The number of unbranched alkanes of at least 4 members (excludes halogenated alkanes) is 3. The topological polar surface area (TPSA) is 18.5 Å². The fraction of sp³-hybridized carbons (Fsp3) is 1.00. The van der Waals surface area contributed by atoms with Gasteiger partial charge < -0.3 is 9.47 Å². The third kappa shape index (κ3) is 12.7. The van der Waals surface area contributed by atoms with Crippen LogP contribution in [0.3, 0.4) is 0 Å². The molecule has 0 aromatic heterocycles. The van der Waals surface area contributed by atoms with Crippen LogP contribution in [0.4, 0.5) is 0 Å². The molecule has 0 aromatic carbocycles. The lowest BCUT2D eigenvalue weighted by Gasteiger charge is -2.22. The maximum Gasteiger partial charge on any atom is 0.0700 e. The Balaban J connectivity index is 3.08. The Hall–Kier alpha value is 0.210. The first-order chi connectivity index (χ1) is 8.62. The van der Waals surface area contributed by atoms with E-state index in [1.54, 1.807) is 0 Å². The van der Waals surface area contributed by atoms with Crippen LogP contribution in [0.5, 0.6) is 0 Å². The molecule has 18 heavy (non-hydrogen) atoms. The molecule has 3 heteroatoms. The van der Waals surface area contributed by atoms with Crippen LogP contribution in [0.15, 0.2) is 0 Å². The molecule has 0 amide bonds. The number of hydrogen-bond acceptors (Lipinski definition) is 2. The normalized spacial score (nSPS) is 12.0. The van der Waals surface area contributed by atoms with Gasteiger partial charge in [0.1, 0.15) is 0 Å². The average Bonchev–Trinajstić information content (AvgIpc) is 2.36. The minimum Gasteiger partial charge on any atom is -0.379 e. The SMILES string of the molecule is CCC(C)(C)CCOCCOCCCCCCCl. The van der Waals surface area contributed by atoms with E-state index in [9.17, 15) is 0 Å². The molecule has 0 rings (SSSR count). The summed E-state index contributed by atoms with van der Waals surface area (Å²) in [6, 6.07) is 0. The highest BCUT2D eigenvalue weighted by molar-refractivity contribution is 6.17. The number of ether oxygens (including phenoxy) is 2. The third-order valence-corrected chi connectivity index (χ3v) is 3.69. The molecule has 0 aliphatic rings. The molecule has 0 bridgehead atoms. The van der Waals surface area contributed by atoms with Crippen LogP contribution >= 0.6 is 11.6 Å². The Kier molecular flexibility index (Phi) is 12.4. The van der Waals surface area contributed by atoms with E-state index in [0.29, 0.717) is 5.41 Å². The molecular formula is C15H31ClO2. The highest BCUT2D eigenvalue weighted by Crippen LogP contribution is 2.23. The molecule has 0 saturated heterocycles. The second kappa shape index (κ2) is 12.3.